The van der Waals surface area contributed by atoms with Gasteiger partial charge in [0.15, 0.2) is 0 Å². The van der Waals surface area contributed by atoms with Crippen molar-refractivity contribution >= 4 is 5.76 Å². The molecule has 1 rings (SSSR count). The number of rotatable bonds is 3. The van der Waals surface area contributed by atoms with Gasteiger partial charge in [-0.2, -0.15) is 18.4 Å². The third-order valence-corrected chi connectivity index (χ3v) is 2.11. The van der Waals surface area contributed by atoms with Gasteiger partial charge in [0.1, 0.15) is 5.76 Å². The first-order chi connectivity index (χ1) is 8.49. The fourth-order valence-electron chi connectivity index (χ4n) is 1.28. The van der Waals surface area contributed by atoms with E-state index in [9.17, 15) is 13.2 Å². The average molecular weight is 253 g/mol. The maximum absolute atomic E-state index is 12.6. The van der Waals surface area contributed by atoms with Gasteiger partial charge in [0.2, 0.25) is 0 Å². The highest BCUT2D eigenvalue weighted by Crippen LogP contribution is 2.29. The van der Waals surface area contributed by atoms with Crippen LogP contribution in [0.2, 0.25) is 0 Å². The molecule has 0 heterocycles. The van der Waals surface area contributed by atoms with E-state index in [0.29, 0.717) is 11.6 Å². The van der Waals surface area contributed by atoms with Crippen LogP contribution in [-0.4, -0.2) is 13.3 Å². The Kier molecular flexibility index (Phi) is 4.55. The molecule has 0 bridgehead atoms. The van der Waals surface area contributed by atoms with E-state index in [1.165, 1.54) is 13.2 Å². The number of methoxy groups -OCH3 is 1. The van der Waals surface area contributed by atoms with Gasteiger partial charge in [-0.1, -0.05) is 30.3 Å². The van der Waals surface area contributed by atoms with Crippen LogP contribution in [0, 0.1) is 11.3 Å². The van der Waals surface area contributed by atoms with Crippen LogP contribution in [0.4, 0.5) is 13.2 Å². The van der Waals surface area contributed by atoms with Crippen LogP contribution in [-0.2, 0) is 4.74 Å². The van der Waals surface area contributed by atoms with E-state index < -0.39 is 11.7 Å². The second-order valence-corrected chi connectivity index (χ2v) is 3.31. The minimum absolute atomic E-state index is 0.0504. The molecule has 0 saturated carbocycles. The van der Waals surface area contributed by atoms with Gasteiger partial charge in [0.05, 0.1) is 18.8 Å². The third kappa shape index (κ3) is 3.67. The SMILES string of the molecule is CO/C(=C/C(=C/C#N)C(F)(F)F)c1ccccc1. The van der Waals surface area contributed by atoms with Crippen molar-refractivity contribution in [2.45, 2.75) is 6.18 Å². The molecule has 0 spiro atoms. The Morgan fingerprint density at radius 1 is 1.28 bits per heavy atom. The Balaban J connectivity index is 3.20. The van der Waals surface area contributed by atoms with E-state index in [1.807, 2.05) is 0 Å². The summed E-state index contributed by atoms with van der Waals surface area (Å²) < 4.78 is 42.7. The van der Waals surface area contributed by atoms with Crippen molar-refractivity contribution in [2.24, 2.45) is 0 Å². The number of nitriles is 1. The highest BCUT2D eigenvalue weighted by Gasteiger charge is 2.32. The fourth-order valence-corrected chi connectivity index (χ4v) is 1.28. The molecule has 0 aliphatic heterocycles. The molecule has 0 radical (unpaired) electrons. The van der Waals surface area contributed by atoms with E-state index in [4.69, 9.17) is 10.00 Å². The lowest BCUT2D eigenvalue weighted by molar-refractivity contribution is -0.0882. The van der Waals surface area contributed by atoms with Gasteiger partial charge in [-0.3, -0.25) is 0 Å². The molecule has 0 aromatic heterocycles. The molecular formula is C13H10F3NO. The minimum atomic E-state index is -4.59. The summed E-state index contributed by atoms with van der Waals surface area (Å²) in [6.45, 7) is 0. The van der Waals surface area contributed by atoms with Gasteiger partial charge < -0.3 is 4.74 Å². The lowest BCUT2D eigenvalue weighted by Gasteiger charge is -2.10. The highest BCUT2D eigenvalue weighted by molar-refractivity contribution is 5.63. The van der Waals surface area contributed by atoms with Crippen LogP contribution in [0.1, 0.15) is 5.56 Å². The Bertz CT molecular complexity index is 495. The zero-order valence-electron chi connectivity index (χ0n) is 9.53. The molecule has 5 heteroatoms. The van der Waals surface area contributed by atoms with Crippen molar-refractivity contribution in [3.63, 3.8) is 0 Å². The topological polar surface area (TPSA) is 33.0 Å². The number of allylic oxidation sites excluding steroid dienone is 3. The number of ether oxygens (including phenoxy) is 1. The number of alkyl halides is 3. The highest BCUT2D eigenvalue weighted by atomic mass is 19.4. The van der Waals surface area contributed by atoms with Crippen LogP contribution >= 0.6 is 0 Å². The van der Waals surface area contributed by atoms with Crippen molar-refractivity contribution in [3.05, 3.63) is 53.6 Å². The van der Waals surface area contributed by atoms with Gasteiger partial charge in [0, 0.05) is 11.6 Å². The summed E-state index contributed by atoms with van der Waals surface area (Å²) in [7, 11) is 1.28. The first kappa shape index (κ1) is 13.8. The molecule has 0 atom stereocenters. The van der Waals surface area contributed by atoms with Crippen molar-refractivity contribution in [2.75, 3.05) is 7.11 Å². The summed E-state index contributed by atoms with van der Waals surface area (Å²) in [4.78, 5) is 0. The molecule has 1 aromatic rings. The zero-order chi connectivity index (χ0) is 13.6. The lowest BCUT2D eigenvalue weighted by Crippen LogP contribution is -2.10. The number of hydrogen-bond donors (Lipinski definition) is 0. The quantitative estimate of drug-likeness (QED) is 0.467. The van der Waals surface area contributed by atoms with Gasteiger partial charge in [0.25, 0.3) is 0 Å². The second kappa shape index (κ2) is 5.92. The summed E-state index contributed by atoms with van der Waals surface area (Å²) in [6.07, 6.45) is -3.34. The fraction of sp³-hybridized carbons (Fsp3) is 0.154. The Hall–Kier alpha value is -2.22. The molecule has 0 N–H and O–H groups in total. The summed E-state index contributed by atoms with van der Waals surface area (Å²) in [6, 6.07) is 9.73. The smallest absolute Gasteiger partial charge is 0.417 e. The normalized spacial score (nSPS) is 13.1. The summed E-state index contributed by atoms with van der Waals surface area (Å²) in [5, 5.41) is 8.36. The molecular weight excluding hydrogens is 243 g/mol. The molecule has 1 aromatic carbocycles. The van der Waals surface area contributed by atoms with Crippen LogP contribution in [0.25, 0.3) is 5.76 Å². The molecule has 94 valence electrons. The molecule has 0 aliphatic carbocycles. The summed E-state index contributed by atoms with van der Waals surface area (Å²) >= 11 is 0. The first-order valence-electron chi connectivity index (χ1n) is 4.97. The second-order valence-electron chi connectivity index (χ2n) is 3.31. The van der Waals surface area contributed by atoms with E-state index in [-0.39, 0.29) is 5.76 Å². The van der Waals surface area contributed by atoms with E-state index in [2.05, 4.69) is 0 Å². The van der Waals surface area contributed by atoms with E-state index >= 15 is 0 Å². The minimum Gasteiger partial charge on any atom is -0.496 e. The van der Waals surface area contributed by atoms with Gasteiger partial charge in [-0.05, 0) is 6.08 Å². The van der Waals surface area contributed by atoms with Crippen LogP contribution in [0.3, 0.4) is 0 Å². The maximum atomic E-state index is 12.6. The monoisotopic (exact) mass is 253 g/mol. The lowest BCUT2D eigenvalue weighted by atomic mass is 10.1. The standard InChI is InChI=1S/C13H10F3NO/c1-18-12(10-5-3-2-4-6-10)9-11(7-8-17)13(14,15)16/h2-7,9H,1H3/b11-7-,12-9+. The first-order valence-corrected chi connectivity index (χ1v) is 4.97. The largest absolute Gasteiger partial charge is 0.496 e. The number of nitrogens with zero attached hydrogens (tertiary/aromatic N) is 1. The molecule has 2 nitrogen and oxygen atoms in total. The van der Waals surface area contributed by atoms with Gasteiger partial charge in [-0.25, -0.2) is 0 Å². The Morgan fingerprint density at radius 3 is 2.33 bits per heavy atom. The van der Waals surface area contributed by atoms with Crippen LogP contribution in [0.5, 0.6) is 0 Å². The van der Waals surface area contributed by atoms with Crippen molar-refractivity contribution in [3.8, 4) is 6.07 Å². The van der Waals surface area contributed by atoms with Crippen LogP contribution in [0.15, 0.2) is 48.1 Å². The third-order valence-electron chi connectivity index (χ3n) is 2.11. The van der Waals surface area contributed by atoms with E-state index in [1.54, 1.807) is 30.3 Å². The predicted molar refractivity (Wildman–Crippen MR) is 61.2 cm³/mol. The summed E-state index contributed by atoms with van der Waals surface area (Å²) in [5.74, 6) is 0.0504. The van der Waals surface area contributed by atoms with Gasteiger partial charge >= 0.3 is 6.18 Å². The van der Waals surface area contributed by atoms with Crippen molar-refractivity contribution in [1.29, 1.82) is 5.26 Å². The molecule has 18 heavy (non-hydrogen) atoms. The Labute approximate surface area is 103 Å². The maximum Gasteiger partial charge on any atom is 0.417 e. The zero-order valence-corrected chi connectivity index (χ0v) is 9.53. The molecule has 0 amide bonds. The number of hydrogen-bond acceptors (Lipinski definition) is 2. The average Bonchev–Trinajstić information content (AvgIpc) is 2.34. The van der Waals surface area contributed by atoms with Crippen LogP contribution < -0.4 is 0 Å². The molecule has 0 unspecified atom stereocenters. The molecule has 0 fully saturated rings. The summed E-state index contributed by atoms with van der Waals surface area (Å²) in [5.41, 5.74) is -0.543. The molecule has 0 aliphatic rings. The number of benzene rings is 1. The van der Waals surface area contributed by atoms with E-state index in [0.717, 1.165) is 6.08 Å². The number of halogens is 3. The van der Waals surface area contributed by atoms with Crippen molar-refractivity contribution in [1.82, 2.24) is 0 Å². The molecule has 0 saturated heterocycles. The Morgan fingerprint density at radius 2 is 1.89 bits per heavy atom. The van der Waals surface area contributed by atoms with Crippen molar-refractivity contribution < 1.29 is 17.9 Å². The predicted octanol–water partition coefficient (Wildman–Crippen LogP) is 3.69. The van der Waals surface area contributed by atoms with Gasteiger partial charge in [-0.15, -0.1) is 0 Å².